The van der Waals surface area contributed by atoms with Crippen molar-refractivity contribution >= 4 is 0 Å². The van der Waals surface area contributed by atoms with Gasteiger partial charge in [-0.3, -0.25) is 5.32 Å². The topological polar surface area (TPSA) is 56.5 Å². The Morgan fingerprint density at radius 3 is 3.33 bits per heavy atom. The Morgan fingerprint density at radius 1 is 1.67 bits per heavy atom. The molecule has 2 aliphatic rings. The van der Waals surface area contributed by atoms with Gasteiger partial charge in [0.05, 0.1) is 6.04 Å². The van der Waals surface area contributed by atoms with E-state index in [-0.39, 0.29) is 12.3 Å². The van der Waals surface area contributed by atoms with Gasteiger partial charge in [-0.25, -0.2) is 0 Å². The van der Waals surface area contributed by atoms with Crippen molar-refractivity contribution in [2.45, 2.75) is 32.0 Å². The van der Waals surface area contributed by atoms with E-state index in [0.29, 0.717) is 6.61 Å². The van der Waals surface area contributed by atoms with Gasteiger partial charge in [0.2, 0.25) is 0 Å². The SMILES string of the molecule is CCCO[C@@H]1COC2=CC(N)=CCC2N1. The predicted octanol–water partition coefficient (Wildman–Crippen LogP) is 0.858. The fourth-order valence-electron chi connectivity index (χ4n) is 1.79. The average molecular weight is 210 g/mol. The fourth-order valence-corrected chi connectivity index (χ4v) is 1.79. The third-order valence-corrected chi connectivity index (χ3v) is 2.55. The van der Waals surface area contributed by atoms with E-state index in [1.165, 1.54) is 0 Å². The molecule has 2 atom stereocenters. The van der Waals surface area contributed by atoms with Crippen molar-refractivity contribution in [3.05, 3.63) is 23.6 Å². The van der Waals surface area contributed by atoms with Gasteiger partial charge in [-0.2, -0.15) is 0 Å². The highest BCUT2D eigenvalue weighted by Crippen LogP contribution is 2.21. The summed E-state index contributed by atoms with van der Waals surface area (Å²) < 4.78 is 11.2. The molecule has 1 heterocycles. The lowest BCUT2D eigenvalue weighted by Gasteiger charge is -2.34. The molecule has 0 aromatic rings. The van der Waals surface area contributed by atoms with Gasteiger partial charge < -0.3 is 15.2 Å². The van der Waals surface area contributed by atoms with Gasteiger partial charge in [-0.05, 0) is 12.8 Å². The average Bonchev–Trinajstić information content (AvgIpc) is 2.26. The third-order valence-electron chi connectivity index (χ3n) is 2.55. The zero-order chi connectivity index (χ0) is 10.7. The van der Waals surface area contributed by atoms with Crippen LogP contribution in [0.25, 0.3) is 0 Å². The third kappa shape index (κ3) is 2.52. The van der Waals surface area contributed by atoms with Gasteiger partial charge >= 0.3 is 0 Å². The quantitative estimate of drug-likeness (QED) is 0.725. The van der Waals surface area contributed by atoms with Crippen LogP contribution in [-0.4, -0.2) is 25.5 Å². The molecule has 0 saturated carbocycles. The smallest absolute Gasteiger partial charge is 0.143 e. The molecule has 84 valence electrons. The van der Waals surface area contributed by atoms with E-state index in [0.717, 1.165) is 30.9 Å². The minimum atomic E-state index is 0.0137. The normalized spacial score (nSPS) is 29.9. The summed E-state index contributed by atoms with van der Waals surface area (Å²) in [6.45, 7) is 3.43. The van der Waals surface area contributed by atoms with Crippen LogP contribution >= 0.6 is 0 Å². The molecule has 1 unspecified atom stereocenters. The van der Waals surface area contributed by atoms with Crippen LogP contribution in [-0.2, 0) is 9.47 Å². The van der Waals surface area contributed by atoms with Crippen molar-refractivity contribution in [3.63, 3.8) is 0 Å². The standard InChI is InChI=1S/C11H18N2O2/c1-2-5-14-11-7-15-10-6-8(12)3-4-9(10)13-11/h3,6,9,11,13H,2,4-5,7,12H2,1H3/t9?,11-/m1/s1. The van der Waals surface area contributed by atoms with Crippen molar-refractivity contribution in [2.24, 2.45) is 5.73 Å². The van der Waals surface area contributed by atoms with Crippen molar-refractivity contribution in [3.8, 4) is 0 Å². The molecule has 1 fully saturated rings. The highest BCUT2D eigenvalue weighted by Gasteiger charge is 2.27. The first-order valence-corrected chi connectivity index (χ1v) is 5.47. The van der Waals surface area contributed by atoms with Crippen molar-refractivity contribution < 1.29 is 9.47 Å². The lowest BCUT2D eigenvalue weighted by atomic mass is 10.0. The molecule has 1 aliphatic heterocycles. The van der Waals surface area contributed by atoms with Gasteiger partial charge in [0.1, 0.15) is 18.6 Å². The molecule has 0 bridgehead atoms. The van der Waals surface area contributed by atoms with E-state index in [4.69, 9.17) is 15.2 Å². The molecule has 1 saturated heterocycles. The summed E-state index contributed by atoms with van der Waals surface area (Å²) in [4.78, 5) is 0. The molecule has 4 nitrogen and oxygen atoms in total. The molecule has 15 heavy (non-hydrogen) atoms. The maximum atomic E-state index is 5.70. The van der Waals surface area contributed by atoms with Gasteiger partial charge in [0.15, 0.2) is 0 Å². The Kier molecular flexibility index (Phi) is 3.28. The van der Waals surface area contributed by atoms with Gasteiger partial charge in [-0.1, -0.05) is 13.0 Å². The summed E-state index contributed by atoms with van der Waals surface area (Å²) in [5.41, 5.74) is 6.49. The number of nitrogens with one attached hydrogen (secondary N) is 1. The fraction of sp³-hybridized carbons (Fsp3) is 0.636. The molecule has 4 heteroatoms. The number of fused-ring (bicyclic) bond motifs is 1. The second-order valence-electron chi connectivity index (χ2n) is 3.88. The van der Waals surface area contributed by atoms with Gasteiger partial charge in [-0.15, -0.1) is 0 Å². The van der Waals surface area contributed by atoms with E-state index in [2.05, 4.69) is 12.2 Å². The summed E-state index contributed by atoms with van der Waals surface area (Å²) >= 11 is 0. The van der Waals surface area contributed by atoms with Crippen LogP contribution < -0.4 is 11.1 Å². The highest BCUT2D eigenvalue weighted by atomic mass is 16.5. The van der Waals surface area contributed by atoms with Crippen molar-refractivity contribution in [1.82, 2.24) is 5.32 Å². The Balaban J connectivity index is 1.89. The molecule has 1 aliphatic carbocycles. The lowest BCUT2D eigenvalue weighted by molar-refractivity contribution is -0.0518. The van der Waals surface area contributed by atoms with Crippen molar-refractivity contribution in [1.29, 1.82) is 0 Å². The van der Waals surface area contributed by atoms with Gasteiger partial charge in [0.25, 0.3) is 0 Å². The van der Waals surface area contributed by atoms with Gasteiger partial charge in [0, 0.05) is 18.4 Å². The summed E-state index contributed by atoms with van der Waals surface area (Å²) in [6.07, 6.45) is 5.81. The molecule has 3 N–H and O–H groups in total. The molecule has 0 aromatic carbocycles. The molecule has 0 spiro atoms. The summed E-state index contributed by atoms with van der Waals surface area (Å²) in [6, 6.07) is 0.230. The second-order valence-corrected chi connectivity index (χ2v) is 3.88. The zero-order valence-electron chi connectivity index (χ0n) is 9.03. The maximum absolute atomic E-state index is 5.70. The first kappa shape index (κ1) is 10.5. The van der Waals surface area contributed by atoms with Crippen LogP contribution in [0.1, 0.15) is 19.8 Å². The number of hydrogen-bond donors (Lipinski definition) is 2. The van der Waals surface area contributed by atoms with E-state index >= 15 is 0 Å². The molecular weight excluding hydrogens is 192 g/mol. The molecule has 0 radical (unpaired) electrons. The zero-order valence-corrected chi connectivity index (χ0v) is 9.03. The molecule has 0 amide bonds. The minimum Gasteiger partial charge on any atom is -0.492 e. The highest BCUT2D eigenvalue weighted by molar-refractivity contribution is 5.27. The second kappa shape index (κ2) is 4.68. The Hall–Kier alpha value is -1.00. The van der Waals surface area contributed by atoms with Crippen LogP contribution in [0.15, 0.2) is 23.6 Å². The molecule has 2 rings (SSSR count). The Labute approximate surface area is 90.1 Å². The molecule has 0 aromatic heterocycles. The number of morpholine rings is 1. The van der Waals surface area contributed by atoms with E-state index in [9.17, 15) is 0 Å². The number of ether oxygens (including phenoxy) is 2. The number of rotatable bonds is 3. The molecular formula is C11H18N2O2. The van der Waals surface area contributed by atoms with Crippen LogP contribution in [0.2, 0.25) is 0 Å². The lowest BCUT2D eigenvalue weighted by Crippen LogP contribution is -2.49. The van der Waals surface area contributed by atoms with Crippen LogP contribution in [0, 0.1) is 0 Å². The van der Waals surface area contributed by atoms with Crippen molar-refractivity contribution in [2.75, 3.05) is 13.2 Å². The van der Waals surface area contributed by atoms with E-state index in [1.54, 1.807) is 0 Å². The Morgan fingerprint density at radius 2 is 2.53 bits per heavy atom. The van der Waals surface area contributed by atoms with Crippen LogP contribution in [0.4, 0.5) is 0 Å². The predicted molar refractivity (Wildman–Crippen MR) is 57.9 cm³/mol. The first-order valence-electron chi connectivity index (χ1n) is 5.47. The Bertz CT molecular complexity index is 286. The summed E-state index contributed by atoms with van der Waals surface area (Å²) in [5.74, 6) is 0.936. The number of nitrogens with two attached hydrogens (primary N) is 1. The largest absolute Gasteiger partial charge is 0.492 e. The monoisotopic (exact) mass is 210 g/mol. The number of hydrogen-bond acceptors (Lipinski definition) is 4. The summed E-state index contributed by atoms with van der Waals surface area (Å²) in [7, 11) is 0. The minimum absolute atomic E-state index is 0.0137. The van der Waals surface area contributed by atoms with E-state index < -0.39 is 0 Å². The summed E-state index contributed by atoms with van der Waals surface area (Å²) in [5, 5.41) is 3.40. The van der Waals surface area contributed by atoms with Crippen LogP contribution in [0.3, 0.4) is 0 Å². The maximum Gasteiger partial charge on any atom is 0.143 e. The van der Waals surface area contributed by atoms with E-state index in [1.807, 2.05) is 12.2 Å². The van der Waals surface area contributed by atoms with Crippen LogP contribution in [0.5, 0.6) is 0 Å². The number of allylic oxidation sites excluding steroid dienone is 1. The first-order chi connectivity index (χ1) is 7.29.